The molecule has 1 aliphatic rings. The van der Waals surface area contributed by atoms with Crippen molar-refractivity contribution in [1.29, 1.82) is 0 Å². The minimum absolute atomic E-state index is 0.0986. The summed E-state index contributed by atoms with van der Waals surface area (Å²) >= 11 is 0. The Kier molecular flexibility index (Phi) is 4.18. The van der Waals surface area contributed by atoms with Crippen LogP contribution in [0.15, 0.2) is 24.3 Å². The Morgan fingerprint density at radius 1 is 1.43 bits per heavy atom. The van der Waals surface area contributed by atoms with E-state index in [1.807, 2.05) is 31.2 Å². The third-order valence-electron chi connectivity index (χ3n) is 4.02. The lowest BCUT2D eigenvalue weighted by atomic mass is 9.85. The molecule has 2 N–H and O–H groups in total. The van der Waals surface area contributed by atoms with Crippen molar-refractivity contribution in [2.24, 2.45) is 5.41 Å². The maximum atomic E-state index is 12.3. The van der Waals surface area contributed by atoms with Crippen LogP contribution in [-0.2, 0) is 9.53 Å². The summed E-state index contributed by atoms with van der Waals surface area (Å²) in [4.78, 5) is 25.2. The molecule has 6 nitrogen and oxygen atoms in total. The van der Waals surface area contributed by atoms with Crippen LogP contribution in [0.2, 0.25) is 0 Å². The summed E-state index contributed by atoms with van der Waals surface area (Å²) < 4.78 is 5.23. The van der Waals surface area contributed by atoms with E-state index in [2.05, 4.69) is 5.32 Å². The second kappa shape index (κ2) is 5.73. The average molecular weight is 292 g/mol. The number of carboxylic acids is 1. The number of rotatable bonds is 3. The molecule has 0 radical (unpaired) electrons. The fourth-order valence-corrected chi connectivity index (χ4v) is 2.38. The molecule has 1 aliphatic heterocycles. The summed E-state index contributed by atoms with van der Waals surface area (Å²) in [6.07, 6.45) is 0. The topological polar surface area (TPSA) is 78.9 Å². The second-order valence-electron chi connectivity index (χ2n) is 5.59. The van der Waals surface area contributed by atoms with Gasteiger partial charge in [-0.05, 0) is 25.5 Å². The van der Waals surface area contributed by atoms with Crippen LogP contribution in [0.3, 0.4) is 0 Å². The number of nitrogens with zero attached hydrogens (tertiary/aromatic N) is 1. The summed E-state index contributed by atoms with van der Waals surface area (Å²) in [6, 6.07) is 6.62. The summed E-state index contributed by atoms with van der Waals surface area (Å²) in [5.74, 6) is -0.969. The first-order valence-corrected chi connectivity index (χ1v) is 6.77. The number of anilines is 1. The number of carbonyl (C=O) groups excluding carboxylic acids is 1. The highest BCUT2D eigenvalue weighted by Crippen LogP contribution is 2.29. The normalized spacial score (nSPS) is 24.6. The lowest BCUT2D eigenvalue weighted by Crippen LogP contribution is -2.52. The minimum atomic E-state index is -1.10. The number of nitrogens with one attached hydrogen (secondary N) is 1. The van der Waals surface area contributed by atoms with Gasteiger partial charge in [-0.15, -0.1) is 0 Å². The number of aliphatic carboxylic acids is 1. The molecule has 21 heavy (non-hydrogen) atoms. The van der Waals surface area contributed by atoms with Gasteiger partial charge in [0.2, 0.25) is 0 Å². The van der Waals surface area contributed by atoms with E-state index in [4.69, 9.17) is 4.74 Å². The molecule has 0 aliphatic carbocycles. The number of aryl methyl sites for hydroxylation is 1. The Bertz CT molecular complexity index is 560. The zero-order chi connectivity index (χ0) is 15.6. The molecular formula is C15H20N2O4. The van der Waals surface area contributed by atoms with Gasteiger partial charge in [0.05, 0.1) is 19.3 Å². The van der Waals surface area contributed by atoms with Gasteiger partial charge in [0.1, 0.15) is 5.41 Å². The molecule has 2 amide bonds. The number of benzene rings is 1. The van der Waals surface area contributed by atoms with Crippen LogP contribution in [0.4, 0.5) is 10.5 Å². The molecule has 1 aromatic carbocycles. The van der Waals surface area contributed by atoms with E-state index >= 15 is 0 Å². The molecule has 0 aromatic heterocycles. The number of ether oxygens (including phenoxy) is 1. The zero-order valence-corrected chi connectivity index (χ0v) is 12.4. The molecule has 1 fully saturated rings. The van der Waals surface area contributed by atoms with Crippen molar-refractivity contribution in [2.45, 2.75) is 19.9 Å². The summed E-state index contributed by atoms with van der Waals surface area (Å²) in [6.45, 7) is 3.80. The molecule has 114 valence electrons. The van der Waals surface area contributed by atoms with E-state index in [1.54, 1.807) is 14.0 Å². The maximum Gasteiger partial charge on any atom is 0.321 e. The number of para-hydroxylation sites is 1. The number of hydrogen-bond acceptors (Lipinski definition) is 3. The number of hydrogen-bond donors (Lipinski definition) is 2. The average Bonchev–Trinajstić information content (AvgIpc) is 2.81. The van der Waals surface area contributed by atoms with E-state index in [0.717, 1.165) is 11.3 Å². The fraction of sp³-hybridized carbons (Fsp3) is 0.467. The van der Waals surface area contributed by atoms with Gasteiger partial charge in [0, 0.05) is 12.7 Å². The quantitative estimate of drug-likeness (QED) is 0.887. The first-order valence-electron chi connectivity index (χ1n) is 6.77. The highest BCUT2D eigenvalue weighted by molar-refractivity contribution is 5.93. The van der Waals surface area contributed by atoms with Gasteiger partial charge in [0.25, 0.3) is 0 Å². The first kappa shape index (κ1) is 15.3. The molecule has 0 spiro atoms. The van der Waals surface area contributed by atoms with Crippen LogP contribution in [0.1, 0.15) is 12.5 Å². The Balaban J connectivity index is 2.11. The van der Waals surface area contributed by atoms with Gasteiger partial charge in [0.15, 0.2) is 0 Å². The third-order valence-corrected chi connectivity index (χ3v) is 4.02. The summed E-state index contributed by atoms with van der Waals surface area (Å²) in [5, 5.41) is 12.1. The maximum absolute atomic E-state index is 12.3. The van der Waals surface area contributed by atoms with Crippen molar-refractivity contribution < 1.29 is 19.4 Å². The molecule has 2 rings (SSSR count). The highest BCUT2D eigenvalue weighted by atomic mass is 16.5. The Hall–Kier alpha value is -2.08. The zero-order valence-electron chi connectivity index (χ0n) is 12.4. The van der Waals surface area contributed by atoms with E-state index in [1.165, 1.54) is 4.90 Å². The highest BCUT2D eigenvalue weighted by Gasteiger charge is 2.47. The van der Waals surface area contributed by atoms with E-state index in [9.17, 15) is 14.7 Å². The monoisotopic (exact) mass is 292 g/mol. The molecule has 6 heteroatoms. The second-order valence-corrected chi connectivity index (χ2v) is 5.59. The predicted octanol–water partition coefficient (Wildman–Crippen LogP) is 1.63. The lowest BCUT2D eigenvalue weighted by Gasteiger charge is -2.28. The van der Waals surface area contributed by atoms with Gasteiger partial charge in [-0.3, -0.25) is 9.69 Å². The number of urea groups is 1. The Labute approximate surface area is 123 Å². The molecule has 2 atom stereocenters. The summed E-state index contributed by atoms with van der Waals surface area (Å²) in [5.41, 5.74) is 0.659. The van der Waals surface area contributed by atoms with Crippen LogP contribution in [0.25, 0.3) is 0 Å². The van der Waals surface area contributed by atoms with E-state index in [-0.39, 0.29) is 19.2 Å². The molecule has 0 saturated carbocycles. The Morgan fingerprint density at radius 2 is 2.10 bits per heavy atom. The first-order chi connectivity index (χ1) is 9.86. The molecule has 1 aromatic rings. The van der Waals surface area contributed by atoms with Gasteiger partial charge in [-0.2, -0.15) is 0 Å². The third kappa shape index (κ3) is 2.85. The van der Waals surface area contributed by atoms with Crippen LogP contribution in [0, 0.1) is 12.3 Å². The predicted molar refractivity (Wildman–Crippen MR) is 78.5 cm³/mol. The van der Waals surface area contributed by atoms with Gasteiger partial charge in [-0.1, -0.05) is 18.2 Å². The van der Waals surface area contributed by atoms with Crippen molar-refractivity contribution in [3.05, 3.63) is 29.8 Å². The van der Waals surface area contributed by atoms with E-state index in [0.29, 0.717) is 0 Å². The van der Waals surface area contributed by atoms with Crippen molar-refractivity contribution in [3.63, 3.8) is 0 Å². The van der Waals surface area contributed by atoms with Gasteiger partial charge < -0.3 is 15.2 Å². The number of carboxylic acid groups (broad SMARTS) is 1. The molecule has 1 heterocycles. The van der Waals surface area contributed by atoms with Crippen LogP contribution >= 0.6 is 0 Å². The Morgan fingerprint density at radius 3 is 2.71 bits per heavy atom. The number of amides is 2. The standard InChI is InChI=1S/C15H20N2O4/c1-10-6-4-5-7-11(10)17(3)14(20)16-12-8-21-9-15(12,2)13(18)19/h4-7,12H,8-9H2,1-3H3,(H,16,20)(H,18,19). The van der Waals surface area contributed by atoms with Crippen molar-refractivity contribution in [2.75, 3.05) is 25.2 Å². The smallest absolute Gasteiger partial charge is 0.321 e. The molecule has 1 saturated heterocycles. The van der Waals surface area contributed by atoms with Crippen LogP contribution in [0.5, 0.6) is 0 Å². The fourth-order valence-electron chi connectivity index (χ4n) is 2.38. The van der Waals surface area contributed by atoms with Gasteiger partial charge in [-0.25, -0.2) is 4.79 Å². The minimum Gasteiger partial charge on any atom is -0.481 e. The molecular weight excluding hydrogens is 272 g/mol. The number of carbonyl (C=O) groups is 2. The van der Waals surface area contributed by atoms with E-state index < -0.39 is 17.4 Å². The van der Waals surface area contributed by atoms with Crippen LogP contribution in [-0.4, -0.2) is 43.4 Å². The van der Waals surface area contributed by atoms with Crippen LogP contribution < -0.4 is 10.2 Å². The van der Waals surface area contributed by atoms with Crippen molar-refractivity contribution in [3.8, 4) is 0 Å². The van der Waals surface area contributed by atoms with Crippen molar-refractivity contribution >= 4 is 17.7 Å². The SMILES string of the molecule is Cc1ccccc1N(C)C(=O)NC1COCC1(C)C(=O)O. The lowest BCUT2D eigenvalue weighted by molar-refractivity contribution is -0.148. The largest absolute Gasteiger partial charge is 0.481 e. The summed E-state index contributed by atoms with van der Waals surface area (Å²) in [7, 11) is 1.66. The molecule has 0 bridgehead atoms. The van der Waals surface area contributed by atoms with Gasteiger partial charge >= 0.3 is 12.0 Å². The van der Waals surface area contributed by atoms with Crippen molar-refractivity contribution in [1.82, 2.24) is 5.32 Å². The molecule has 2 unspecified atom stereocenters.